The van der Waals surface area contributed by atoms with Crippen molar-refractivity contribution in [3.05, 3.63) is 83.8 Å². The predicted octanol–water partition coefficient (Wildman–Crippen LogP) is 3.77. The van der Waals surface area contributed by atoms with E-state index in [-0.39, 0.29) is 11.9 Å². The third-order valence-corrected chi connectivity index (χ3v) is 4.97. The van der Waals surface area contributed by atoms with Gasteiger partial charge in [-0.2, -0.15) is 5.10 Å². The summed E-state index contributed by atoms with van der Waals surface area (Å²) >= 11 is 0. The first-order chi connectivity index (χ1) is 14.6. The molecule has 2 aromatic carbocycles. The third-order valence-electron chi connectivity index (χ3n) is 4.97. The monoisotopic (exact) mass is 402 g/mol. The van der Waals surface area contributed by atoms with E-state index in [1.54, 1.807) is 29.2 Å². The Hall–Kier alpha value is -3.87. The number of esters is 1. The number of nitrogens with one attached hydrogen (secondary N) is 2. The lowest BCUT2D eigenvalue weighted by molar-refractivity contribution is -0.116. The molecule has 152 valence electrons. The molecule has 30 heavy (non-hydrogen) atoms. The summed E-state index contributed by atoms with van der Waals surface area (Å²) in [5.41, 5.74) is 4.11. The van der Waals surface area contributed by atoms with Crippen molar-refractivity contribution in [3.8, 4) is 0 Å². The number of nitrogens with zero attached hydrogens (tertiary/aromatic N) is 2. The Morgan fingerprint density at radius 1 is 1.10 bits per heavy atom. The number of aromatic nitrogens is 3. The second kappa shape index (κ2) is 8.65. The number of amides is 1. The van der Waals surface area contributed by atoms with Gasteiger partial charge >= 0.3 is 5.97 Å². The van der Waals surface area contributed by atoms with Gasteiger partial charge in [-0.1, -0.05) is 36.4 Å². The summed E-state index contributed by atoms with van der Waals surface area (Å²) in [6.07, 6.45) is 6.32. The van der Waals surface area contributed by atoms with Crippen molar-refractivity contribution >= 4 is 28.5 Å². The zero-order valence-corrected chi connectivity index (χ0v) is 16.6. The third kappa shape index (κ3) is 4.25. The summed E-state index contributed by atoms with van der Waals surface area (Å²) in [4.78, 5) is 27.5. The van der Waals surface area contributed by atoms with Gasteiger partial charge in [0.25, 0.3) is 0 Å². The summed E-state index contributed by atoms with van der Waals surface area (Å²) in [5, 5.41) is 8.31. The van der Waals surface area contributed by atoms with Crippen LogP contribution in [0.4, 0.5) is 5.69 Å². The molecule has 2 aromatic heterocycles. The molecule has 7 heteroatoms. The van der Waals surface area contributed by atoms with Crippen LogP contribution in [0.3, 0.4) is 0 Å². The number of ether oxygens (including phenoxy) is 1. The lowest BCUT2D eigenvalue weighted by atomic mass is 10.1. The number of benzene rings is 2. The summed E-state index contributed by atoms with van der Waals surface area (Å²) in [7, 11) is 1.36. The van der Waals surface area contributed by atoms with Gasteiger partial charge < -0.3 is 15.0 Å². The highest BCUT2D eigenvalue weighted by atomic mass is 16.5. The van der Waals surface area contributed by atoms with Crippen molar-refractivity contribution in [1.82, 2.24) is 14.8 Å². The molecule has 0 aliphatic carbocycles. The second-order valence-electron chi connectivity index (χ2n) is 6.98. The van der Waals surface area contributed by atoms with E-state index in [2.05, 4.69) is 21.5 Å². The van der Waals surface area contributed by atoms with E-state index in [1.165, 1.54) is 7.11 Å². The highest BCUT2D eigenvalue weighted by molar-refractivity contribution is 5.92. The molecule has 0 fully saturated rings. The predicted molar refractivity (Wildman–Crippen MR) is 114 cm³/mol. The number of carbonyl (C=O) groups excluding carboxylic acids is 2. The van der Waals surface area contributed by atoms with E-state index >= 15 is 0 Å². The lowest BCUT2D eigenvalue weighted by Crippen LogP contribution is -2.12. The maximum absolute atomic E-state index is 12.4. The highest BCUT2D eigenvalue weighted by Gasteiger charge is 2.12. The molecule has 0 unspecified atom stereocenters. The normalized spacial score (nSPS) is 10.8. The average molecular weight is 402 g/mol. The van der Waals surface area contributed by atoms with E-state index in [0.717, 1.165) is 22.0 Å². The molecule has 0 saturated carbocycles. The van der Waals surface area contributed by atoms with Gasteiger partial charge in [-0.3, -0.25) is 9.48 Å². The molecular formula is C23H22N4O3. The van der Waals surface area contributed by atoms with Crippen LogP contribution < -0.4 is 5.32 Å². The zero-order chi connectivity index (χ0) is 20.9. The van der Waals surface area contributed by atoms with Gasteiger partial charge in [0, 0.05) is 29.7 Å². The Morgan fingerprint density at radius 2 is 1.90 bits per heavy atom. The fourth-order valence-corrected chi connectivity index (χ4v) is 3.47. The number of hydrogen-bond acceptors (Lipinski definition) is 4. The largest absolute Gasteiger partial charge is 0.465 e. The minimum absolute atomic E-state index is 0.0743. The molecular weight excluding hydrogens is 380 g/mol. The van der Waals surface area contributed by atoms with Gasteiger partial charge in [-0.25, -0.2) is 4.79 Å². The van der Waals surface area contributed by atoms with Gasteiger partial charge in [-0.05, 0) is 29.7 Å². The number of rotatable bonds is 7. The van der Waals surface area contributed by atoms with Crippen molar-refractivity contribution < 1.29 is 14.3 Å². The first-order valence-electron chi connectivity index (χ1n) is 9.67. The molecule has 1 amide bonds. The van der Waals surface area contributed by atoms with Crippen LogP contribution >= 0.6 is 0 Å². The summed E-state index contributed by atoms with van der Waals surface area (Å²) in [6.45, 7) is 0.399. The number of aromatic amines is 1. The zero-order valence-electron chi connectivity index (χ0n) is 16.6. The number of H-pyrrole nitrogens is 1. The Balaban J connectivity index is 1.37. The van der Waals surface area contributed by atoms with Crippen LogP contribution in [0, 0.1) is 0 Å². The van der Waals surface area contributed by atoms with Crippen LogP contribution in [0.25, 0.3) is 10.9 Å². The Labute approximate surface area is 173 Å². The van der Waals surface area contributed by atoms with Gasteiger partial charge in [-0.15, -0.1) is 0 Å². The number of carbonyl (C=O) groups is 2. The van der Waals surface area contributed by atoms with Crippen molar-refractivity contribution in [2.24, 2.45) is 0 Å². The molecule has 0 aliphatic heterocycles. The number of methoxy groups -OCH3 is 1. The molecule has 4 aromatic rings. The molecule has 0 radical (unpaired) electrons. The maximum Gasteiger partial charge on any atom is 0.338 e. The molecule has 4 rings (SSSR count). The Morgan fingerprint density at radius 3 is 2.77 bits per heavy atom. The molecule has 7 nitrogen and oxygen atoms in total. The van der Waals surface area contributed by atoms with Crippen LogP contribution in [-0.2, 0) is 22.5 Å². The van der Waals surface area contributed by atoms with E-state index in [4.69, 9.17) is 4.74 Å². The lowest BCUT2D eigenvalue weighted by Gasteiger charge is -2.07. The molecule has 0 aliphatic rings. The highest BCUT2D eigenvalue weighted by Crippen LogP contribution is 2.19. The number of hydrogen-bond donors (Lipinski definition) is 2. The number of anilines is 1. The van der Waals surface area contributed by atoms with Crippen LogP contribution in [0.1, 0.15) is 27.9 Å². The molecule has 0 saturated heterocycles. The summed E-state index contributed by atoms with van der Waals surface area (Å²) in [6, 6.07) is 15.3. The smallest absolute Gasteiger partial charge is 0.338 e. The van der Waals surface area contributed by atoms with E-state index in [0.29, 0.717) is 30.6 Å². The van der Waals surface area contributed by atoms with Crippen LogP contribution in [-0.4, -0.2) is 33.8 Å². The van der Waals surface area contributed by atoms with Crippen LogP contribution in [0.5, 0.6) is 0 Å². The average Bonchev–Trinajstić information content (AvgIpc) is 3.38. The van der Waals surface area contributed by atoms with Gasteiger partial charge in [0.15, 0.2) is 0 Å². The van der Waals surface area contributed by atoms with Crippen molar-refractivity contribution in [1.29, 1.82) is 0 Å². The van der Waals surface area contributed by atoms with Crippen molar-refractivity contribution in [2.45, 2.75) is 19.4 Å². The minimum Gasteiger partial charge on any atom is -0.465 e. The Bertz CT molecular complexity index is 1190. The van der Waals surface area contributed by atoms with Crippen LogP contribution in [0.15, 0.2) is 67.1 Å². The first kappa shape index (κ1) is 19.4. The van der Waals surface area contributed by atoms with E-state index in [9.17, 15) is 9.59 Å². The maximum atomic E-state index is 12.4. The van der Waals surface area contributed by atoms with Gasteiger partial charge in [0.05, 0.1) is 31.1 Å². The van der Waals surface area contributed by atoms with E-state index in [1.807, 2.05) is 36.5 Å². The minimum atomic E-state index is -0.386. The quantitative estimate of drug-likeness (QED) is 0.461. The number of para-hydroxylation sites is 1. The van der Waals surface area contributed by atoms with Crippen LogP contribution in [0.2, 0.25) is 0 Å². The SMILES string of the molecule is COC(=O)c1ccccc1Cn1cc(NC(=O)CCc2c[nH]c3ccccc23)cn1. The topological polar surface area (TPSA) is 89.0 Å². The van der Waals surface area contributed by atoms with Crippen molar-refractivity contribution in [2.75, 3.05) is 12.4 Å². The standard InChI is InChI=1S/C23H22N4O3/c1-30-23(29)20-8-3-2-6-17(20)14-27-15-18(13-25-27)26-22(28)11-10-16-12-24-21-9-5-4-7-19(16)21/h2-9,12-13,15,24H,10-11,14H2,1H3,(H,26,28). The second-order valence-corrected chi connectivity index (χ2v) is 6.98. The Kier molecular flexibility index (Phi) is 5.61. The molecule has 0 bridgehead atoms. The summed E-state index contributed by atoms with van der Waals surface area (Å²) < 4.78 is 6.51. The fraction of sp³-hybridized carbons (Fsp3) is 0.174. The number of fused-ring (bicyclic) bond motifs is 1. The van der Waals surface area contributed by atoms with E-state index < -0.39 is 0 Å². The van der Waals surface area contributed by atoms with Crippen molar-refractivity contribution in [3.63, 3.8) is 0 Å². The van der Waals surface area contributed by atoms with Gasteiger partial charge in [0.2, 0.25) is 5.91 Å². The first-order valence-corrected chi connectivity index (χ1v) is 9.67. The molecule has 0 atom stereocenters. The van der Waals surface area contributed by atoms with Gasteiger partial charge in [0.1, 0.15) is 0 Å². The number of aryl methyl sites for hydroxylation is 1. The molecule has 2 N–H and O–H groups in total. The molecule has 0 spiro atoms. The fourth-order valence-electron chi connectivity index (χ4n) is 3.47. The summed E-state index contributed by atoms with van der Waals surface area (Å²) in [5.74, 6) is -0.460. The molecule has 2 heterocycles.